The molecule has 0 radical (unpaired) electrons. The summed E-state index contributed by atoms with van der Waals surface area (Å²) in [5, 5.41) is 2.63. The molecule has 0 fully saturated rings. The Hall–Kier alpha value is -1.90. The Morgan fingerprint density at radius 3 is 0.923 bits per heavy atom. The van der Waals surface area contributed by atoms with Crippen LogP contribution in [0.2, 0.25) is 0 Å². The van der Waals surface area contributed by atoms with Crippen LogP contribution in [0.5, 0.6) is 0 Å². The van der Waals surface area contributed by atoms with Crippen molar-refractivity contribution < 1.29 is 71.2 Å². The minimum absolute atomic E-state index is 0.368. The molecule has 0 saturated heterocycles. The molecule has 17 heteroatoms. The number of nitrogens with zero attached hydrogens (tertiary/aromatic N) is 1. The van der Waals surface area contributed by atoms with Gasteiger partial charge in [-0.15, -0.1) is 0 Å². The number of hydrogen-bond acceptors (Lipinski definition) is 15. The van der Waals surface area contributed by atoms with Gasteiger partial charge in [0.15, 0.2) is 0 Å². The van der Waals surface area contributed by atoms with Crippen LogP contribution < -0.4 is 5.32 Å². The molecule has 0 bridgehead atoms. The molecule has 0 aliphatic heterocycles. The average Bonchev–Trinajstić information content (AvgIpc) is 3.06. The Kier molecular flexibility index (Phi) is 33.6. The maximum absolute atomic E-state index is 11.9. The number of carbonyl (C=O) groups excluding carboxylic acids is 2. The summed E-state index contributed by atoms with van der Waals surface area (Å²) in [7, 11) is 1.68. The first-order valence-electron chi connectivity index (χ1n) is 18.2. The lowest BCUT2D eigenvalue weighted by Crippen LogP contribution is -2.36. The van der Waals surface area contributed by atoms with Gasteiger partial charge in [-0.2, -0.15) is 0 Å². The van der Waals surface area contributed by atoms with E-state index in [4.69, 9.17) is 61.6 Å². The summed E-state index contributed by atoms with van der Waals surface area (Å²) in [4.78, 5) is 24.8. The van der Waals surface area contributed by atoms with E-state index < -0.39 is 17.3 Å². The van der Waals surface area contributed by atoms with Crippen molar-refractivity contribution in [1.29, 1.82) is 0 Å². The number of likely N-dealkylation sites (N-methyl/N-ethyl adjacent to an activating group) is 1. The zero-order chi connectivity index (χ0) is 38.6. The Morgan fingerprint density at radius 1 is 0.404 bits per heavy atom. The van der Waals surface area contributed by atoms with Crippen molar-refractivity contribution in [2.75, 3.05) is 165 Å². The molecular weight excluding hydrogens is 688 g/mol. The largest absolute Gasteiger partial charge is 0.444 e. The van der Waals surface area contributed by atoms with Crippen LogP contribution in [-0.2, 0) is 61.6 Å². The fraction of sp³-hybridized carbons (Fsp3) is 0.943. The molecule has 0 aliphatic rings. The van der Waals surface area contributed by atoms with Gasteiger partial charge in [0, 0.05) is 20.1 Å². The normalized spacial score (nSPS) is 11.9. The molecule has 1 N–H and O–H groups in total. The quantitative estimate of drug-likeness (QED) is 0.0925. The van der Waals surface area contributed by atoms with Crippen molar-refractivity contribution >= 4 is 12.2 Å². The maximum Gasteiger partial charge on any atom is 0.410 e. The van der Waals surface area contributed by atoms with Gasteiger partial charge in [0.1, 0.15) is 11.2 Å². The summed E-state index contributed by atoms with van der Waals surface area (Å²) in [6.45, 7) is 22.0. The van der Waals surface area contributed by atoms with Gasteiger partial charge in [0.2, 0.25) is 0 Å². The number of rotatable bonds is 36. The lowest BCUT2D eigenvalue weighted by molar-refractivity contribution is -0.0277. The van der Waals surface area contributed by atoms with Gasteiger partial charge in [0.05, 0.1) is 145 Å². The SMILES string of the molecule is CN(CCOCCOCCOCCOCCOCCOCCOCCOCCOCCOCCOCCNC(=O)OC(C)(C)C)C(=O)OC(C)(C)C. The molecule has 0 aromatic carbocycles. The van der Waals surface area contributed by atoms with Crippen molar-refractivity contribution in [3.8, 4) is 0 Å². The molecule has 0 spiro atoms. The second-order valence-electron chi connectivity index (χ2n) is 13.1. The zero-order valence-electron chi connectivity index (χ0n) is 33.0. The molecule has 0 saturated carbocycles. The third kappa shape index (κ3) is 40.9. The lowest BCUT2D eigenvalue weighted by atomic mass is 10.2. The van der Waals surface area contributed by atoms with E-state index in [1.165, 1.54) is 4.90 Å². The first-order valence-corrected chi connectivity index (χ1v) is 18.2. The van der Waals surface area contributed by atoms with E-state index in [1.54, 1.807) is 7.05 Å². The molecule has 2 amide bonds. The molecule has 52 heavy (non-hydrogen) atoms. The minimum atomic E-state index is -0.516. The van der Waals surface area contributed by atoms with Gasteiger partial charge < -0.3 is 71.8 Å². The first-order chi connectivity index (χ1) is 24.9. The smallest absolute Gasteiger partial charge is 0.410 e. The molecule has 0 aliphatic carbocycles. The van der Waals surface area contributed by atoms with E-state index in [0.717, 1.165) is 0 Å². The summed E-state index contributed by atoms with van der Waals surface area (Å²) >= 11 is 0. The average molecular weight is 759 g/mol. The van der Waals surface area contributed by atoms with E-state index in [-0.39, 0.29) is 6.09 Å². The summed E-state index contributed by atoms with van der Waals surface area (Å²) in [5.74, 6) is 0. The monoisotopic (exact) mass is 758 g/mol. The molecule has 0 aromatic heterocycles. The molecule has 0 atom stereocenters. The fourth-order valence-electron chi connectivity index (χ4n) is 3.47. The van der Waals surface area contributed by atoms with Crippen LogP contribution in [0.15, 0.2) is 0 Å². The van der Waals surface area contributed by atoms with E-state index in [1.807, 2.05) is 41.5 Å². The van der Waals surface area contributed by atoms with Crippen LogP contribution in [0.1, 0.15) is 41.5 Å². The van der Waals surface area contributed by atoms with Crippen LogP contribution in [0.25, 0.3) is 0 Å². The number of alkyl carbamates (subject to hydrolysis) is 1. The first kappa shape index (κ1) is 50.1. The number of carbonyl (C=O) groups is 2. The topological polar surface area (TPSA) is 169 Å². The molecule has 0 aromatic rings. The Labute approximate surface area is 311 Å². The number of amides is 2. The van der Waals surface area contributed by atoms with Crippen LogP contribution >= 0.6 is 0 Å². The second-order valence-corrected chi connectivity index (χ2v) is 13.1. The molecular formula is C35H70N2O15. The van der Waals surface area contributed by atoms with E-state index in [0.29, 0.717) is 158 Å². The predicted octanol–water partition coefficient (Wildman–Crippen LogP) is 2.56. The van der Waals surface area contributed by atoms with Gasteiger partial charge in [0.25, 0.3) is 0 Å². The van der Waals surface area contributed by atoms with Gasteiger partial charge >= 0.3 is 12.2 Å². The van der Waals surface area contributed by atoms with E-state index >= 15 is 0 Å². The fourth-order valence-corrected chi connectivity index (χ4v) is 3.47. The standard InChI is InChI=1S/C35H70N2O15/c1-34(2,3)51-32(38)36-8-10-40-12-14-42-16-18-44-20-22-46-24-26-48-28-30-50-31-29-49-27-25-47-23-21-45-19-17-43-15-13-41-11-9-37(7)33(39)52-35(4,5)6/h8-31H2,1-7H3,(H,36,38). The highest BCUT2D eigenvalue weighted by Gasteiger charge is 2.19. The Balaban J connectivity index is 3.17. The van der Waals surface area contributed by atoms with Crippen LogP contribution in [-0.4, -0.2) is 194 Å². The number of hydrogen-bond donors (Lipinski definition) is 1. The van der Waals surface area contributed by atoms with Crippen LogP contribution in [0.4, 0.5) is 9.59 Å². The second kappa shape index (κ2) is 34.8. The molecule has 0 rings (SSSR count). The highest BCUT2D eigenvalue weighted by Crippen LogP contribution is 2.09. The predicted molar refractivity (Wildman–Crippen MR) is 192 cm³/mol. The van der Waals surface area contributed by atoms with Crippen molar-refractivity contribution in [3.05, 3.63) is 0 Å². The molecule has 17 nitrogen and oxygen atoms in total. The van der Waals surface area contributed by atoms with E-state index in [9.17, 15) is 9.59 Å². The van der Waals surface area contributed by atoms with E-state index in [2.05, 4.69) is 5.32 Å². The van der Waals surface area contributed by atoms with Crippen molar-refractivity contribution in [1.82, 2.24) is 10.2 Å². The van der Waals surface area contributed by atoms with Crippen LogP contribution in [0.3, 0.4) is 0 Å². The summed E-state index contributed by atoms with van der Waals surface area (Å²) < 4.78 is 70.5. The minimum Gasteiger partial charge on any atom is -0.444 e. The number of nitrogens with one attached hydrogen (secondary N) is 1. The molecule has 310 valence electrons. The summed E-state index contributed by atoms with van der Waals surface area (Å²) in [6, 6.07) is 0. The van der Waals surface area contributed by atoms with Gasteiger partial charge in [-0.05, 0) is 41.5 Å². The Morgan fingerprint density at radius 2 is 0.654 bits per heavy atom. The molecule has 0 heterocycles. The molecule has 0 unspecified atom stereocenters. The number of ether oxygens (including phenoxy) is 13. The maximum atomic E-state index is 11.9. The van der Waals surface area contributed by atoms with Crippen molar-refractivity contribution in [3.63, 3.8) is 0 Å². The van der Waals surface area contributed by atoms with Crippen LogP contribution in [0, 0.1) is 0 Å². The van der Waals surface area contributed by atoms with Gasteiger partial charge in [-0.25, -0.2) is 9.59 Å². The van der Waals surface area contributed by atoms with Crippen molar-refractivity contribution in [2.45, 2.75) is 52.7 Å². The van der Waals surface area contributed by atoms with Gasteiger partial charge in [-0.1, -0.05) is 0 Å². The zero-order valence-corrected chi connectivity index (χ0v) is 33.0. The summed E-state index contributed by atoms with van der Waals surface area (Å²) in [5.41, 5.74) is -1.03. The third-order valence-electron chi connectivity index (χ3n) is 5.91. The summed E-state index contributed by atoms with van der Waals surface area (Å²) in [6.07, 6.45) is -0.824. The highest BCUT2D eigenvalue weighted by atomic mass is 16.6. The van der Waals surface area contributed by atoms with Crippen molar-refractivity contribution in [2.24, 2.45) is 0 Å². The highest BCUT2D eigenvalue weighted by molar-refractivity contribution is 5.68. The third-order valence-corrected chi connectivity index (χ3v) is 5.91. The van der Waals surface area contributed by atoms with Gasteiger partial charge in [-0.3, -0.25) is 0 Å². The lowest BCUT2D eigenvalue weighted by Gasteiger charge is -2.24. The Bertz CT molecular complexity index is 812.